The molecule has 0 fully saturated rings. The molecule has 2 aromatic rings. The molecule has 0 aliphatic carbocycles. The van der Waals surface area contributed by atoms with Crippen molar-refractivity contribution in [3.63, 3.8) is 0 Å². The van der Waals surface area contributed by atoms with Gasteiger partial charge in [-0.3, -0.25) is 19.7 Å². The molecule has 0 aromatic heterocycles. The molecule has 0 unspecified atom stereocenters. The number of hydrogen-bond donors (Lipinski definition) is 2. The van der Waals surface area contributed by atoms with Crippen molar-refractivity contribution in [2.75, 3.05) is 11.1 Å². The van der Waals surface area contributed by atoms with Crippen LogP contribution in [0.15, 0.2) is 47.4 Å². The molecule has 1 heterocycles. The largest absolute Gasteiger partial charge is 0.322 e. The lowest BCUT2D eigenvalue weighted by Gasteiger charge is -2.07. The number of rotatable bonds is 4. The van der Waals surface area contributed by atoms with Crippen LogP contribution in [0.5, 0.6) is 0 Å². The Kier molecular flexibility index (Phi) is 4.16. The lowest BCUT2D eigenvalue weighted by molar-refractivity contribution is 0.0878. The predicted octanol–water partition coefficient (Wildman–Crippen LogP) is 2.93. The van der Waals surface area contributed by atoms with E-state index in [1.807, 2.05) is 12.1 Å². The monoisotopic (exact) mass is 326 g/mol. The van der Waals surface area contributed by atoms with E-state index in [9.17, 15) is 14.4 Å². The molecule has 23 heavy (non-hydrogen) atoms. The minimum absolute atomic E-state index is 0.261. The van der Waals surface area contributed by atoms with Crippen molar-refractivity contribution in [1.29, 1.82) is 0 Å². The first-order valence-corrected chi connectivity index (χ1v) is 8.11. The summed E-state index contributed by atoms with van der Waals surface area (Å²) < 4.78 is 0. The van der Waals surface area contributed by atoms with Gasteiger partial charge in [0, 0.05) is 16.1 Å². The summed E-state index contributed by atoms with van der Waals surface area (Å²) in [5.41, 5.74) is 1.62. The van der Waals surface area contributed by atoms with Gasteiger partial charge in [0.25, 0.3) is 17.7 Å². The summed E-state index contributed by atoms with van der Waals surface area (Å²) in [5.74, 6) is -0.141. The second-order valence-electron chi connectivity index (χ2n) is 4.96. The first-order chi connectivity index (χ1) is 11.1. The molecule has 6 heteroatoms. The van der Waals surface area contributed by atoms with Crippen LogP contribution < -0.4 is 10.6 Å². The summed E-state index contributed by atoms with van der Waals surface area (Å²) in [6, 6.07) is 12.0. The van der Waals surface area contributed by atoms with Gasteiger partial charge in [0.2, 0.25) is 0 Å². The van der Waals surface area contributed by atoms with Crippen molar-refractivity contribution in [3.05, 3.63) is 59.2 Å². The third-order valence-electron chi connectivity index (χ3n) is 3.42. The average Bonchev–Trinajstić information content (AvgIpc) is 2.82. The van der Waals surface area contributed by atoms with Gasteiger partial charge < -0.3 is 5.32 Å². The van der Waals surface area contributed by atoms with Gasteiger partial charge in [-0.15, -0.1) is 11.8 Å². The van der Waals surface area contributed by atoms with Crippen LogP contribution in [0.25, 0.3) is 0 Å². The van der Waals surface area contributed by atoms with E-state index in [1.54, 1.807) is 30.0 Å². The Labute approximate surface area is 137 Å². The fraction of sp³-hybridized carbons (Fsp3) is 0.118. The first kappa shape index (κ1) is 15.3. The number of benzene rings is 2. The smallest absolute Gasteiger partial charge is 0.259 e. The predicted molar refractivity (Wildman–Crippen MR) is 89.0 cm³/mol. The summed E-state index contributed by atoms with van der Waals surface area (Å²) in [4.78, 5) is 36.5. The van der Waals surface area contributed by atoms with Gasteiger partial charge in [-0.2, -0.15) is 0 Å². The second-order valence-corrected chi connectivity index (χ2v) is 6.29. The molecule has 0 saturated carbocycles. The standard InChI is InChI=1S/C17H14N2O3S/c1-2-23-12-6-3-10(4-7-12)15(20)18-11-5-8-13-14(9-11)17(22)19-16(13)21/h3-9H,2H2,1H3,(H,18,20)(H,19,21,22). The second kappa shape index (κ2) is 6.26. The molecule has 0 radical (unpaired) electrons. The Bertz CT molecular complexity index is 800. The highest BCUT2D eigenvalue weighted by Crippen LogP contribution is 2.22. The maximum absolute atomic E-state index is 12.2. The molecule has 5 nitrogen and oxygen atoms in total. The maximum Gasteiger partial charge on any atom is 0.259 e. The molecule has 1 aliphatic heterocycles. The lowest BCUT2D eigenvalue weighted by Crippen LogP contribution is -2.19. The number of fused-ring (bicyclic) bond motifs is 1. The van der Waals surface area contributed by atoms with Crippen molar-refractivity contribution in [2.45, 2.75) is 11.8 Å². The van der Waals surface area contributed by atoms with Crippen molar-refractivity contribution in [1.82, 2.24) is 5.32 Å². The van der Waals surface area contributed by atoms with Gasteiger partial charge >= 0.3 is 0 Å². The van der Waals surface area contributed by atoms with E-state index >= 15 is 0 Å². The molecular formula is C17H14N2O3S. The highest BCUT2D eigenvalue weighted by Gasteiger charge is 2.26. The van der Waals surface area contributed by atoms with E-state index in [2.05, 4.69) is 17.6 Å². The Morgan fingerprint density at radius 2 is 1.74 bits per heavy atom. The van der Waals surface area contributed by atoms with Crippen LogP contribution in [0.4, 0.5) is 5.69 Å². The zero-order chi connectivity index (χ0) is 16.4. The van der Waals surface area contributed by atoms with Gasteiger partial charge in [-0.05, 0) is 48.2 Å². The number of thioether (sulfide) groups is 1. The van der Waals surface area contributed by atoms with E-state index in [-0.39, 0.29) is 11.5 Å². The third-order valence-corrected chi connectivity index (χ3v) is 4.32. The average molecular weight is 326 g/mol. The van der Waals surface area contributed by atoms with Crippen LogP contribution in [0, 0.1) is 0 Å². The molecule has 3 rings (SSSR count). The SMILES string of the molecule is CCSc1ccc(C(=O)Nc2ccc3c(c2)C(=O)NC3=O)cc1. The first-order valence-electron chi connectivity index (χ1n) is 7.12. The van der Waals surface area contributed by atoms with E-state index in [1.165, 1.54) is 12.1 Å². The van der Waals surface area contributed by atoms with Crippen molar-refractivity contribution >= 4 is 35.2 Å². The van der Waals surface area contributed by atoms with Crippen LogP contribution in [-0.2, 0) is 0 Å². The number of hydrogen-bond acceptors (Lipinski definition) is 4. The normalized spacial score (nSPS) is 12.7. The Morgan fingerprint density at radius 1 is 1.04 bits per heavy atom. The highest BCUT2D eigenvalue weighted by molar-refractivity contribution is 7.99. The lowest BCUT2D eigenvalue weighted by atomic mass is 10.1. The molecular weight excluding hydrogens is 312 g/mol. The summed E-state index contributed by atoms with van der Waals surface area (Å²) in [7, 11) is 0. The van der Waals surface area contributed by atoms with E-state index in [0.29, 0.717) is 16.8 Å². The van der Waals surface area contributed by atoms with Crippen molar-refractivity contribution in [2.24, 2.45) is 0 Å². The molecule has 1 aliphatic rings. The minimum atomic E-state index is -0.443. The van der Waals surface area contributed by atoms with E-state index in [4.69, 9.17) is 0 Å². The molecule has 0 bridgehead atoms. The van der Waals surface area contributed by atoms with Crippen molar-refractivity contribution in [3.8, 4) is 0 Å². The Hall–Kier alpha value is -2.60. The van der Waals surface area contributed by atoms with Gasteiger partial charge in [0.1, 0.15) is 0 Å². The van der Waals surface area contributed by atoms with E-state index < -0.39 is 11.8 Å². The molecule has 3 amide bonds. The molecule has 116 valence electrons. The number of carbonyl (C=O) groups excluding carboxylic acids is 3. The molecule has 0 spiro atoms. The number of carbonyl (C=O) groups is 3. The minimum Gasteiger partial charge on any atom is -0.322 e. The number of nitrogens with one attached hydrogen (secondary N) is 2. The summed E-state index contributed by atoms with van der Waals surface area (Å²) >= 11 is 1.71. The summed E-state index contributed by atoms with van der Waals surface area (Å²) in [6.45, 7) is 2.07. The number of anilines is 1. The molecule has 0 saturated heterocycles. The highest BCUT2D eigenvalue weighted by atomic mass is 32.2. The fourth-order valence-electron chi connectivity index (χ4n) is 2.32. The van der Waals surface area contributed by atoms with Crippen LogP contribution >= 0.6 is 11.8 Å². The van der Waals surface area contributed by atoms with Gasteiger partial charge in [0.15, 0.2) is 0 Å². The topological polar surface area (TPSA) is 75.3 Å². The zero-order valence-corrected chi connectivity index (χ0v) is 13.2. The van der Waals surface area contributed by atoms with Gasteiger partial charge in [0.05, 0.1) is 11.1 Å². The zero-order valence-electron chi connectivity index (χ0n) is 12.4. The summed E-state index contributed by atoms with van der Waals surface area (Å²) in [6.07, 6.45) is 0. The van der Waals surface area contributed by atoms with E-state index in [0.717, 1.165) is 10.6 Å². The summed E-state index contributed by atoms with van der Waals surface area (Å²) in [5, 5.41) is 4.96. The molecule has 2 aromatic carbocycles. The van der Waals surface area contributed by atoms with Gasteiger partial charge in [-0.25, -0.2) is 0 Å². The van der Waals surface area contributed by atoms with Crippen LogP contribution in [-0.4, -0.2) is 23.5 Å². The number of imide groups is 1. The fourth-order valence-corrected chi connectivity index (χ4v) is 2.98. The van der Waals surface area contributed by atoms with Crippen LogP contribution in [0.1, 0.15) is 38.0 Å². The number of amides is 3. The Morgan fingerprint density at radius 3 is 2.43 bits per heavy atom. The quantitative estimate of drug-likeness (QED) is 0.669. The van der Waals surface area contributed by atoms with Crippen LogP contribution in [0.3, 0.4) is 0 Å². The Balaban J connectivity index is 1.77. The third kappa shape index (κ3) is 3.12. The molecule has 2 N–H and O–H groups in total. The maximum atomic E-state index is 12.2. The van der Waals surface area contributed by atoms with Crippen molar-refractivity contribution < 1.29 is 14.4 Å². The molecule has 0 atom stereocenters. The van der Waals surface area contributed by atoms with Gasteiger partial charge in [-0.1, -0.05) is 6.92 Å². The van der Waals surface area contributed by atoms with Crippen LogP contribution in [0.2, 0.25) is 0 Å².